The molecule has 0 saturated carbocycles. The Kier molecular flexibility index (Phi) is 4.50. The van der Waals surface area contributed by atoms with E-state index in [1.807, 2.05) is 19.1 Å². The Morgan fingerprint density at radius 3 is 2.63 bits per heavy atom. The van der Waals surface area contributed by atoms with E-state index in [9.17, 15) is 8.78 Å². The normalized spacial score (nSPS) is 14.1. The zero-order valence-electron chi connectivity index (χ0n) is 10.4. The molecule has 0 bridgehead atoms. The average molecular weight is 280 g/mol. The van der Waals surface area contributed by atoms with Gasteiger partial charge in [0.25, 0.3) is 0 Å². The number of hydrogen-bond donors (Lipinski definition) is 1. The molecule has 0 aliphatic heterocycles. The molecule has 5 heteroatoms. The van der Waals surface area contributed by atoms with Gasteiger partial charge in [-0.3, -0.25) is 4.98 Å². The summed E-state index contributed by atoms with van der Waals surface area (Å²) in [5.74, 6) is -0.915. The fraction of sp³-hybridized carbons (Fsp3) is 0.214. The summed E-state index contributed by atoms with van der Waals surface area (Å²) < 4.78 is 26.8. The summed E-state index contributed by atoms with van der Waals surface area (Å²) >= 11 is 1.19. The van der Waals surface area contributed by atoms with E-state index in [0.29, 0.717) is 0 Å². The molecular weight excluding hydrogens is 266 g/mol. The van der Waals surface area contributed by atoms with Crippen LogP contribution in [0.25, 0.3) is 0 Å². The molecule has 0 aliphatic carbocycles. The van der Waals surface area contributed by atoms with Gasteiger partial charge < -0.3 is 5.73 Å². The molecule has 2 N–H and O–H groups in total. The van der Waals surface area contributed by atoms with Crippen molar-refractivity contribution >= 4 is 11.8 Å². The summed E-state index contributed by atoms with van der Waals surface area (Å²) in [5.41, 5.74) is 6.68. The highest BCUT2D eigenvalue weighted by Crippen LogP contribution is 2.37. The third kappa shape index (κ3) is 3.52. The maximum absolute atomic E-state index is 13.7. The number of aromatic nitrogens is 1. The molecule has 2 atom stereocenters. The molecule has 0 radical (unpaired) electrons. The average Bonchev–Trinajstić information content (AvgIpc) is 2.40. The SMILES string of the molecule is CC(N)C(Sc1cc(F)ccc1F)c1ccccn1. The number of nitrogens with two attached hydrogens (primary N) is 1. The van der Waals surface area contributed by atoms with E-state index in [-0.39, 0.29) is 16.2 Å². The topological polar surface area (TPSA) is 38.9 Å². The number of benzene rings is 1. The number of rotatable bonds is 4. The standard InChI is InChI=1S/C14H14F2N2S/c1-9(17)14(12-4-2-3-7-18-12)19-13-8-10(15)5-6-11(13)16/h2-9,14H,17H2,1H3. The summed E-state index contributed by atoms with van der Waals surface area (Å²) in [6, 6.07) is 8.64. The van der Waals surface area contributed by atoms with Gasteiger partial charge in [-0.05, 0) is 37.3 Å². The van der Waals surface area contributed by atoms with E-state index in [4.69, 9.17) is 5.73 Å². The first kappa shape index (κ1) is 14.0. The predicted molar refractivity (Wildman–Crippen MR) is 72.8 cm³/mol. The summed E-state index contributed by atoms with van der Waals surface area (Å²) in [4.78, 5) is 4.48. The first-order chi connectivity index (χ1) is 9.08. The molecule has 1 heterocycles. The Morgan fingerprint density at radius 2 is 2.00 bits per heavy atom. The fourth-order valence-electron chi connectivity index (χ4n) is 1.69. The van der Waals surface area contributed by atoms with Crippen molar-refractivity contribution in [2.45, 2.75) is 23.1 Å². The minimum atomic E-state index is -0.464. The van der Waals surface area contributed by atoms with Crippen LogP contribution in [0.4, 0.5) is 8.78 Å². The highest BCUT2D eigenvalue weighted by atomic mass is 32.2. The second-order valence-corrected chi connectivity index (χ2v) is 5.41. The lowest BCUT2D eigenvalue weighted by Gasteiger charge is -2.20. The van der Waals surface area contributed by atoms with Crippen LogP contribution in [0.3, 0.4) is 0 Å². The van der Waals surface area contributed by atoms with Gasteiger partial charge in [-0.2, -0.15) is 0 Å². The lowest BCUT2D eigenvalue weighted by atomic mass is 10.2. The zero-order chi connectivity index (χ0) is 13.8. The quantitative estimate of drug-likeness (QED) is 0.871. The van der Waals surface area contributed by atoms with Crippen LogP contribution in [0.5, 0.6) is 0 Å². The van der Waals surface area contributed by atoms with Gasteiger partial charge in [-0.25, -0.2) is 8.78 Å². The Hall–Kier alpha value is -1.46. The maximum Gasteiger partial charge on any atom is 0.136 e. The van der Waals surface area contributed by atoms with Crippen LogP contribution in [0.1, 0.15) is 17.9 Å². The molecule has 0 amide bonds. The molecule has 2 aromatic rings. The molecule has 0 spiro atoms. The van der Waals surface area contributed by atoms with Gasteiger partial charge in [-0.1, -0.05) is 6.07 Å². The van der Waals surface area contributed by atoms with Crippen molar-refractivity contribution in [3.63, 3.8) is 0 Å². The van der Waals surface area contributed by atoms with Crippen molar-refractivity contribution in [2.75, 3.05) is 0 Å². The predicted octanol–water partition coefficient (Wildman–Crippen LogP) is 3.54. The Bertz CT molecular complexity index is 546. The van der Waals surface area contributed by atoms with Crippen LogP contribution >= 0.6 is 11.8 Å². The van der Waals surface area contributed by atoms with Crippen molar-refractivity contribution in [3.8, 4) is 0 Å². The highest BCUT2D eigenvalue weighted by molar-refractivity contribution is 7.99. The number of pyridine rings is 1. The van der Waals surface area contributed by atoms with Gasteiger partial charge in [0.2, 0.25) is 0 Å². The first-order valence-electron chi connectivity index (χ1n) is 5.86. The number of hydrogen-bond acceptors (Lipinski definition) is 3. The summed E-state index contributed by atoms with van der Waals surface area (Å²) in [6.07, 6.45) is 1.66. The van der Waals surface area contributed by atoms with Gasteiger partial charge >= 0.3 is 0 Å². The van der Waals surface area contributed by atoms with Crippen LogP contribution in [0.15, 0.2) is 47.5 Å². The Morgan fingerprint density at radius 1 is 1.21 bits per heavy atom. The maximum atomic E-state index is 13.7. The van der Waals surface area contributed by atoms with Crippen LogP contribution in [-0.4, -0.2) is 11.0 Å². The van der Waals surface area contributed by atoms with Crippen molar-refractivity contribution in [1.82, 2.24) is 4.98 Å². The molecule has 2 unspecified atom stereocenters. The fourth-order valence-corrected chi connectivity index (χ4v) is 2.80. The van der Waals surface area contributed by atoms with Gasteiger partial charge in [0.05, 0.1) is 10.9 Å². The largest absolute Gasteiger partial charge is 0.327 e. The van der Waals surface area contributed by atoms with Gasteiger partial charge in [0.15, 0.2) is 0 Å². The molecule has 0 aliphatic rings. The van der Waals surface area contributed by atoms with Crippen molar-refractivity contribution in [1.29, 1.82) is 0 Å². The molecule has 1 aromatic heterocycles. The smallest absolute Gasteiger partial charge is 0.136 e. The highest BCUT2D eigenvalue weighted by Gasteiger charge is 2.20. The third-order valence-corrected chi connectivity index (χ3v) is 4.10. The molecule has 19 heavy (non-hydrogen) atoms. The van der Waals surface area contributed by atoms with Gasteiger partial charge in [-0.15, -0.1) is 11.8 Å². The number of halogens is 2. The number of thioether (sulfide) groups is 1. The van der Waals surface area contributed by atoms with E-state index in [1.165, 1.54) is 17.8 Å². The van der Waals surface area contributed by atoms with E-state index in [0.717, 1.165) is 17.8 Å². The van der Waals surface area contributed by atoms with Crippen LogP contribution in [0.2, 0.25) is 0 Å². The van der Waals surface area contributed by atoms with Crippen LogP contribution in [-0.2, 0) is 0 Å². The lowest BCUT2D eigenvalue weighted by molar-refractivity contribution is 0.576. The molecule has 2 rings (SSSR count). The van der Waals surface area contributed by atoms with Crippen molar-refractivity contribution < 1.29 is 8.78 Å². The van der Waals surface area contributed by atoms with Gasteiger partial charge in [0, 0.05) is 17.1 Å². The summed E-state index contributed by atoms with van der Waals surface area (Å²) in [5, 5.41) is -0.225. The van der Waals surface area contributed by atoms with E-state index >= 15 is 0 Å². The third-order valence-electron chi connectivity index (χ3n) is 2.60. The molecular formula is C14H14F2N2S. The lowest BCUT2D eigenvalue weighted by Crippen LogP contribution is -2.23. The Labute approximate surface area is 115 Å². The van der Waals surface area contributed by atoms with Crippen LogP contribution in [0, 0.1) is 11.6 Å². The minimum Gasteiger partial charge on any atom is -0.327 e. The second-order valence-electron chi connectivity index (χ2n) is 4.23. The van der Waals surface area contributed by atoms with Crippen LogP contribution < -0.4 is 5.73 Å². The minimum absolute atomic E-state index is 0.225. The first-order valence-corrected chi connectivity index (χ1v) is 6.74. The van der Waals surface area contributed by atoms with E-state index in [2.05, 4.69) is 4.98 Å². The molecule has 0 fully saturated rings. The number of nitrogens with zero attached hydrogens (tertiary/aromatic N) is 1. The Balaban J connectivity index is 2.29. The summed E-state index contributed by atoms with van der Waals surface area (Å²) in [7, 11) is 0. The monoisotopic (exact) mass is 280 g/mol. The zero-order valence-corrected chi connectivity index (χ0v) is 11.2. The summed E-state index contributed by atoms with van der Waals surface area (Å²) in [6.45, 7) is 1.82. The molecule has 100 valence electrons. The molecule has 0 saturated heterocycles. The van der Waals surface area contributed by atoms with Crippen molar-refractivity contribution in [2.24, 2.45) is 5.73 Å². The molecule has 2 nitrogen and oxygen atoms in total. The van der Waals surface area contributed by atoms with E-state index in [1.54, 1.807) is 12.3 Å². The van der Waals surface area contributed by atoms with Crippen molar-refractivity contribution in [3.05, 3.63) is 59.9 Å². The van der Waals surface area contributed by atoms with E-state index < -0.39 is 11.6 Å². The molecule has 1 aromatic carbocycles. The van der Waals surface area contributed by atoms with Gasteiger partial charge in [0.1, 0.15) is 11.6 Å². The second kappa shape index (κ2) is 6.12.